The zero-order valence-corrected chi connectivity index (χ0v) is 10.5. The number of thioether (sulfide) groups is 1. The summed E-state index contributed by atoms with van der Waals surface area (Å²) in [6, 6.07) is 6.00. The third kappa shape index (κ3) is 2.79. The molecule has 1 aliphatic rings. The van der Waals surface area contributed by atoms with Crippen molar-refractivity contribution in [3.63, 3.8) is 0 Å². The largest absolute Gasteiger partial charge is 0.311 e. The Bertz CT molecular complexity index is 407. The summed E-state index contributed by atoms with van der Waals surface area (Å²) in [6.45, 7) is 2.44. The summed E-state index contributed by atoms with van der Waals surface area (Å²) in [5.41, 5.74) is 0.621. The molecule has 1 amide bonds. The molecule has 2 rings (SSSR count). The maximum atomic E-state index is 13.1. The van der Waals surface area contributed by atoms with E-state index in [0.29, 0.717) is 12.2 Å². The number of benzene rings is 1. The van der Waals surface area contributed by atoms with Gasteiger partial charge in [-0.2, -0.15) is 0 Å². The van der Waals surface area contributed by atoms with Gasteiger partial charge in [0, 0.05) is 23.9 Å². The molecule has 1 atom stereocenters. The van der Waals surface area contributed by atoms with Gasteiger partial charge in [0.05, 0.1) is 6.04 Å². The van der Waals surface area contributed by atoms with Crippen LogP contribution in [-0.4, -0.2) is 30.1 Å². The Morgan fingerprint density at radius 3 is 3.06 bits per heavy atom. The predicted molar refractivity (Wildman–Crippen MR) is 68.7 cm³/mol. The van der Waals surface area contributed by atoms with Gasteiger partial charge in [0.1, 0.15) is 5.82 Å². The van der Waals surface area contributed by atoms with Crippen LogP contribution in [0.4, 0.5) is 10.1 Å². The van der Waals surface area contributed by atoms with Crippen molar-refractivity contribution in [1.82, 2.24) is 5.32 Å². The summed E-state index contributed by atoms with van der Waals surface area (Å²) in [6.07, 6.45) is 0. The van der Waals surface area contributed by atoms with Crippen molar-refractivity contribution in [2.45, 2.75) is 13.0 Å². The summed E-state index contributed by atoms with van der Waals surface area (Å²) in [5, 5.41) is 3.13. The first-order valence-corrected chi connectivity index (χ1v) is 6.76. The summed E-state index contributed by atoms with van der Waals surface area (Å²) >= 11 is 1.70. The van der Waals surface area contributed by atoms with Crippen LogP contribution >= 0.6 is 11.8 Å². The lowest BCUT2D eigenvalue weighted by molar-refractivity contribution is -0.119. The van der Waals surface area contributed by atoms with Gasteiger partial charge in [-0.05, 0) is 25.1 Å². The Balaban J connectivity index is 2.17. The van der Waals surface area contributed by atoms with Gasteiger partial charge >= 0.3 is 0 Å². The molecule has 1 fully saturated rings. The SMILES string of the molecule is CCN(C(=O)C1CSCN1)c1cccc(F)c1. The highest BCUT2D eigenvalue weighted by molar-refractivity contribution is 7.99. The third-order valence-electron chi connectivity index (χ3n) is 2.72. The predicted octanol–water partition coefficient (Wildman–Crippen LogP) is 1.84. The summed E-state index contributed by atoms with van der Waals surface area (Å²) in [7, 11) is 0. The van der Waals surface area contributed by atoms with Gasteiger partial charge in [-0.3, -0.25) is 10.1 Å². The van der Waals surface area contributed by atoms with Crippen molar-refractivity contribution in [3.8, 4) is 0 Å². The van der Waals surface area contributed by atoms with E-state index in [1.165, 1.54) is 12.1 Å². The van der Waals surface area contributed by atoms with Crippen LogP contribution in [0.2, 0.25) is 0 Å². The number of anilines is 1. The number of amides is 1. The van der Waals surface area contributed by atoms with E-state index in [0.717, 1.165) is 11.6 Å². The average Bonchev–Trinajstić information content (AvgIpc) is 2.83. The quantitative estimate of drug-likeness (QED) is 0.893. The summed E-state index contributed by atoms with van der Waals surface area (Å²) in [4.78, 5) is 13.8. The molecule has 0 bridgehead atoms. The summed E-state index contributed by atoms with van der Waals surface area (Å²) in [5.74, 6) is 1.28. The van der Waals surface area contributed by atoms with Crippen molar-refractivity contribution >= 4 is 23.4 Å². The Labute approximate surface area is 104 Å². The molecule has 5 heteroatoms. The Morgan fingerprint density at radius 1 is 1.65 bits per heavy atom. The van der Waals surface area contributed by atoms with Crippen LogP contribution in [0.1, 0.15) is 6.92 Å². The van der Waals surface area contributed by atoms with E-state index in [1.54, 1.807) is 28.8 Å². The average molecular weight is 254 g/mol. The molecule has 1 saturated heterocycles. The molecule has 0 aromatic heterocycles. The van der Waals surface area contributed by atoms with Gasteiger partial charge in [0.15, 0.2) is 0 Å². The first kappa shape index (κ1) is 12.4. The molecule has 1 heterocycles. The number of carbonyl (C=O) groups is 1. The zero-order chi connectivity index (χ0) is 12.3. The van der Waals surface area contributed by atoms with Crippen LogP contribution in [-0.2, 0) is 4.79 Å². The second-order valence-electron chi connectivity index (χ2n) is 3.83. The van der Waals surface area contributed by atoms with Gasteiger partial charge in [-0.15, -0.1) is 11.8 Å². The van der Waals surface area contributed by atoms with Gasteiger partial charge in [0.25, 0.3) is 0 Å². The first-order chi connectivity index (χ1) is 8.22. The molecule has 17 heavy (non-hydrogen) atoms. The Kier molecular flexibility index (Phi) is 4.02. The highest BCUT2D eigenvalue weighted by atomic mass is 32.2. The van der Waals surface area contributed by atoms with Crippen molar-refractivity contribution in [3.05, 3.63) is 30.1 Å². The molecule has 1 unspecified atom stereocenters. The molecule has 0 aliphatic carbocycles. The lowest BCUT2D eigenvalue weighted by Crippen LogP contribution is -2.45. The van der Waals surface area contributed by atoms with Gasteiger partial charge in [0.2, 0.25) is 5.91 Å². The standard InChI is InChI=1S/C12H15FN2OS/c1-2-15(10-5-3-4-9(13)6-10)12(16)11-7-17-8-14-11/h3-6,11,14H,2,7-8H2,1H3. The second kappa shape index (κ2) is 5.51. The maximum absolute atomic E-state index is 13.1. The normalized spacial score (nSPS) is 19.3. The minimum absolute atomic E-state index is 0.0168. The molecule has 0 saturated carbocycles. The highest BCUT2D eigenvalue weighted by Gasteiger charge is 2.27. The molecule has 0 spiro atoms. The monoisotopic (exact) mass is 254 g/mol. The molecular formula is C12H15FN2OS. The van der Waals surface area contributed by atoms with Gasteiger partial charge < -0.3 is 4.90 Å². The van der Waals surface area contributed by atoms with Crippen LogP contribution in [0.25, 0.3) is 0 Å². The molecule has 1 aromatic rings. The fourth-order valence-electron chi connectivity index (χ4n) is 1.85. The van der Waals surface area contributed by atoms with Crippen LogP contribution < -0.4 is 10.2 Å². The van der Waals surface area contributed by atoms with E-state index in [4.69, 9.17) is 0 Å². The van der Waals surface area contributed by atoms with E-state index in [2.05, 4.69) is 5.32 Å². The minimum atomic E-state index is -0.317. The second-order valence-corrected chi connectivity index (χ2v) is 4.86. The molecule has 1 aromatic carbocycles. The molecule has 3 nitrogen and oxygen atoms in total. The number of nitrogens with zero attached hydrogens (tertiary/aromatic N) is 1. The number of nitrogens with one attached hydrogen (secondary N) is 1. The maximum Gasteiger partial charge on any atom is 0.244 e. The van der Waals surface area contributed by atoms with Crippen LogP contribution in [0.5, 0.6) is 0 Å². The van der Waals surface area contributed by atoms with Crippen molar-refractivity contribution in [1.29, 1.82) is 0 Å². The molecular weight excluding hydrogens is 239 g/mol. The molecule has 92 valence electrons. The van der Waals surface area contributed by atoms with E-state index in [9.17, 15) is 9.18 Å². The zero-order valence-electron chi connectivity index (χ0n) is 9.65. The smallest absolute Gasteiger partial charge is 0.244 e. The number of halogens is 1. The minimum Gasteiger partial charge on any atom is -0.311 e. The Morgan fingerprint density at radius 2 is 2.47 bits per heavy atom. The van der Waals surface area contributed by atoms with Crippen molar-refractivity contribution in [2.75, 3.05) is 23.1 Å². The van der Waals surface area contributed by atoms with E-state index in [-0.39, 0.29) is 17.8 Å². The molecule has 1 aliphatic heterocycles. The highest BCUT2D eigenvalue weighted by Crippen LogP contribution is 2.19. The van der Waals surface area contributed by atoms with E-state index >= 15 is 0 Å². The van der Waals surface area contributed by atoms with Gasteiger partial charge in [-0.1, -0.05) is 6.07 Å². The lowest BCUT2D eigenvalue weighted by atomic mass is 10.2. The number of rotatable bonds is 3. The third-order valence-corrected chi connectivity index (χ3v) is 3.66. The van der Waals surface area contributed by atoms with Crippen LogP contribution in [0.3, 0.4) is 0 Å². The van der Waals surface area contributed by atoms with Crippen molar-refractivity contribution < 1.29 is 9.18 Å². The van der Waals surface area contributed by atoms with Gasteiger partial charge in [-0.25, -0.2) is 4.39 Å². The number of hydrogen-bond acceptors (Lipinski definition) is 3. The molecule has 1 N–H and O–H groups in total. The lowest BCUT2D eigenvalue weighted by Gasteiger charge is -2.24. The fraction of sp³-hybridized carbons (Fsp3) is 0.417. The topological polar surface area (TPSA) is 32.3 Å². The van der Waals surface area contributed by atoms with Crippen molar-refractivity contribution in [2.24, 2.45) is 0 Å². The first-order valence-electron chi connectivity index (χ1n) is 5.60. The van der Waals surface area contributed by atoms with Crippen LogP contribution in [0.15, 0.2) is 24.3 Å². The number of carbonyl (C=O) groups excluding carboxylic acids is 1. The number of hydrogen-bond donors (Lipinski definition) is 1. The Hall–Kier alpha value is -1.07. The fourth-order valence-corrected chi connectivity index (χ4v) is 2.78. The van der Waals surface area contributed by atoms with Crippen LogP contribution in [0, 0.1) is 5.82 Å². The summed E-state index contributed by atoms with van der Waals surface area (Å²) < 4.78 is 13.1. The molecule has 0 radical (unpaired) electrons. The van der Waals surface area contributed by atoms with E-state index < -0.39 is 0 Å². The van der Waals surface area contributed by atoms with E-state index in [1.807, 2.05) is 6.92 Å². The number of likely N-dealkylation sites (N-methyl/N-ethyl adjacent to an activating group) is 1.